The van der Waals surface area contributed by atoms with Gasteiger partial charge in [-0.25, -0.2) is 0 Å². The zero-order chi connectivity index (χ0) is 14.4. The average Bonchev–Trinajstić information content (AvgIpc) is 2.48. The molecule has 0 fully saturated rings. The molecule has 0 saturated carbocycles. The van der Waals surface area contributed by atoms with Crippen LogP contribution < -0.4 is 4.74 Å². The van der Waals surface area contributed by atoms with Gasteiger partial charge in [0.25, 0.3) is 0 Å². The molecule has 0 N–H and O–H groups in total. The van der Waals surface area contributed by atoms with Crippen LogP contribution in [0.25, 0.3) is 0 Å². The minimum Gasteiger partial charge on any atom is -0.456 e. The lowest BCUT2D eigenvalue weighted by molar-refractivity contribution is 0.202. The third-order valence-corrected chi connectivity index (χ3v) is 4.16. The molecule has 106 valence electrons. The predicted octanol–water partition coefficient (Wildman–Crippen LogP) is 5.33. The van der Waals surface area contributed by atoms with Crippen molar-refractivity contribution in [2.75, 3.05) is 13.7 Å². The summed E-state index contributed by atoms with van der Waals surface area (Å²) in [6, 6.07) is 14.2. The van der Waals surface area contributed by atoms with Gasteiger partial charge >= 0.3 is 0 Å². The van der Waals surface area contributed by atoms with Crippen molar-refractivity contribution in [3.63, 3.8) is 0 Å². The maximum atomic E-state index is 5.87. The van der Waals surface area contributed by atoms with Crippen molar-refractivity contribution >= 4 is 31.9 Å². The molecule has 0 unspecified atom stereocenters. The van der Waals surface area contributed by atoms with Crippen LogP contribution in [0.5, 0.6) is 11.5 Å². The Bertz CT molecular complexity index is 553. The topological polar surface area (TPSA) is 18.5 Å². The van der Waals surface area contributed by atoms with Crippen LogP contribution in [0.4, 0.5) is 0 Å². The molecule has 0 aliphatic heterocycles. The molecule has 0 bridgehead atoms. The van der Waals surface area contributed by atoms with Crippen LogP contribution in [0.3, 0.4) is 0 Å². The third-order valence-electron chi connectivity index (χ3n) is 2.90. The molecule has 0 saturated heterocycles. The van der Waals surface area contributed by atoms with E-state index in [1.807, 2.05) is 24.3 Å². The summed E-state index contributed by atoms with van der Waals surface area (Å²) in [6.45, 7) is 0.736. The van der Waals surface area contributed by atoms with Gasteiger partial charge in [-0.2, -0.15) is 0 Å². The van der Waals surface area contributed by atoms with Gasteiger partial charge in [0.1, 0.15) is 11.5 Å². The molecule has 2 nitrogen and oxygen atoms in total. The first kappa shape index (κ1) is 15.5. The number of methoxy groups -OCH3 is 1. The van der Waals surface area contributed by atoms with Crippen molar-refractivity contribution in [3.05, 3.63) is 58.1 Å². The van der Waals surface area contributed by atoms with Gasteiger partial charge < -0.3 is 9.47 Å². The second kappa shape index (κ2) is 7.81. The van der Waals surface area contributed by atoms with Crippen LogP contribution in [-0.4, -0.2) is 13.7 Å². The van der Waals surface area contributed by atoms with E-state index in [2.05, 4.69) is 50.1 Å². The molecular weight excluding hydrogens is 384 g/mol. The molecule has 2 rings (SSSR count). The van der Waals surface area contributed by atoms with E-state index in [1.54, 1.807) is 7.11 Å². The van der Waals surface area contributed by atoms with Crippen molar-refractivity contribution in [1.82, 2.24) is 0 Å². The first-order valence-electron chi connectivity index (χ1n) is 6.33. The zero-order valence-corrected chi connectivity index (χ0v) is 14.4. The zero-order valence-electron chi connectivity index (χ0n) is 11.2. The number of ether oxygens (including phenoxy) is 2. The van der Waals surface area contributed by atoms with E-state index < -0.39 is 0 Å². The highest BCUT2D eigenvalue weighted by Crippen LogP contribution is 2.31. The van der Waals surface area contributed by atoms with Gasteiger partial charge in [0.15, 0.2) is 0 Å². The van der Waals surface area contributed by atoms with E-state index >= 15 is 0 Å². The number of hydrogen-bond acceptors (Lipinski definition) is 2. The van der Waals surface area contributed by atoms with Gasteiger partial charge in [0.2, 0.25) is 0 Å². The van der Waals surface area contributed by atoms with Crippen LogP contribution in [0.2, 0.25) is 0 Å². The number of alkyl halides is 1. The summed E-state index contributed by atoms with van der Waals surface area (Å²) in [5, 5.41) is 0.833. The molecule has 0 aliphatic carbocycles. The smallest absolute Gasteiger partial charge is 0.141 e. The molecule has 0 atom stereocenters. The maximum absolute atomic E-state index is 5.87. The van der Waals surface area contributed by atoms with E-state index in [4.69, 9.17) is 9.47 Å². The van der Waals surface area contributed by atoms with Crippen molar-refractivity contribution < 1.29 is 9.47 Å². The Morgan fingerprint density at radius 3 is 2.30 bits per heavy atom. The molecule has 2 aromatic carbocycles. The summed E-state index contributed by atoms with van der Waals surface area (Å²) in [5.41, 5.74) is 2.45. The minimum absolute atomic E-state index is 0.736. The van der Waals surface area contributed by atoms with Gasteiger partial charge in [-0.05, 0) is 57.7 Å². The van der Waals surface area contributed by atoms with Crippen molar-refractivity contribution in [2.45, 2.75) is 11.8 Å². The van der Waals surface area contributed by atoms with Crippen molar-refractivity contribution in [3.8, 4) is 11.5 Å². The van der Waals surface area contributed by atoms with Crippen molar-refractivity contribution in [2.24, 2.45) is 0 Å². The highest BCUT2D eigenvalue weighted by Gasteiger charge is 2.04. The number of halogens is 2. The Hall–Kier alpha value is -0.840. The van der Waals surface area contributed by atoms with Crippen LogP contribution in [0, 0.1) is 0 Å². The Kier molecular flexibility index (Phi) is 6.07. The predicted molar refractivity (Wildman–Crippen MR) is 88.9 cm³/mol. The lowest BCUT2D eigenvalue weighted by Crippen LogP contribution is -1.94. The second-order valence-electron chi connectivity index (χ2n) is 4.39. The van der Waals surface area contributed by atoms with Crippen molar-refractivity contribution in [1.29, 1.82) is 0 Å². The van der Waals surface area contributed by atoms with E-state index in [0.29, 0.717) is 0 Å². The normalized spacial score (nSPS) is 10.6. The Morgan fingerprint density at radius 2 is 1.70 bits per heavy atom. The fraction of sp³-hybridized carbons (Fsp3) is 0.250. The summed E-state index contributed by atoms with van der Waals surface area (Å²) < 4.78 is 11.9. The molecule has 4 heteroatoms. The summed E-state index contributed by atoms with van der Waals surface area (Å²) in [5.74, 6) is 1.65. The van der Waals surface area contributed by atoms with Crippen LogP contribution in [-0.2, 0) is 16.5 Å². The SMILES string of the molecule is COCCc1ccc(Oc2ccc(CBr)cc2Br)cc1. The van der Waals surface area contributed by atoms with E-state index in [-0.39, 0.29) is 0 Å². The average molecular weight is 400 g/mol. The lowest BCUT2D eigenvalue weighted by atomic mass is 10.1. The molecular formula is C16H16Br2O2. The summed E-state index contributed by atoms with van der Waals surface area (Å²) in [4.78, 5) is 0. The largest absolute Gasteiger partial charge is 0.456 e. The van der Waals surface area contributed by atoms with E-state index in [1.165, 1.54) is 11.1 Å². The maximum Gasteiger partial charge on any atom is 0.141 e. The van der Waals surface area contributed by atoms with E-state index in [0.717, 1.165) is 34.3 Å². The first-order chi connectivity index (χ1) is 9.72. The Morgan fingerprint density at radius 1 is 1.00 bits per heavy atom. The van der Waals surface area contributed by atoms with Crippen LogP contribution in [0.1, 0.15) is 11.1 Å². The lowest BCUT2D eigenvalue weighted by Gasteiger charge is -2.09. The highest BCUT2D eigenvalue weighted by atomic mass is 79.9. The minimum atomic E-state index is 0.736. The molecule has 0 aliphatic rings. The number of hydrogen-bond donors (Lipinski definition) is 0. The summed E-state index contributed by atoms with van der Waals surface area (Å²) >= 11 is 6.97. The molecule has 0 aromatic heterocycles. The number of rotatable bonds is 6. The van der Waals surface area contributed by atoms with Crippen LogP contribution >= 0.6 is 31.9 Å². The van der Waals surface area contributed by atoms with Crippen LogP contribution in [0.15, 0.2) is 46.9 Å². The van der Waals surface area contributed by atoms with Gasteiger partial charge in [-0.3, -0.25) is 0 Å². The van der Waals surface area contributed by atoms with Gasteiger partial charge in [0, 0.05) is 12.4 Å². The molecule has 0 amide bonds. The molecule has 20 heavy (non-hydrogen) atoms. The number of benzene rings is 2. The quantitative estimate of drug-likeness (QED) is 0.611. The fourth-order valence-corrected chi connectivity index (χ4v) is 2.64. The standard InChI is InChI=1S/C16H16Br2O2/c1-19-9-8-12-2-5-14(6-3-12)20-16-7-4-13(11-17)10-15(16)18/h2-7,10H,8-9,11H2,1H3. The van der Waals surface area contributed by atoms with E-state index in [9.17, 15) is 0 Å². The second-order valence-corrected chi connectivity index (χ2v) is 5.80. The third kappa shape index (κ3) is 4.33. The first-order valence-corrected chi connectivity index (χ1v) is 8.24. The van der Waals surface area contributed by atoms with Gasteiger partial charge in [-0.1, -0.05) is 34.1 Å². The molecule has 0 radical (unpaired) electrons. The monoisotopic (exact) mass is 398 g/mol. The highest BCUT2D eigenvalue weighted by molar-refractivity contribution is 9.10. The van der Waals surface area contributed by atoms with Gasteiger partial charge in [-0.15, -0.1) is 0 Å². The van der Waals surface area contributed by atoms with Gasteiger partial charge in [0.05, 0.1) is 11.1 Å². The Balaban J connectivity index is 2.06. The summed E-state index contributed by atoms with van der Waals surface area (Å²) in [7, 11) is 1.71. The Labute approximate surface area is 136 Å². The fourth-order valence-electron chi connectivity index (χ4n) is 1.78. The molecule has 0 spiro atoms. The summed E-state index contributed by atoms with van der Waals surface area (Å²) in [6.07, 6.45) is 0.917. The molecule has 0 heterocycles. The molecule has 2 aromatic rings.